The van der Waals surface area contributed by atoms with Crippen LogP contribution in [-0.4, -0.2) is 51.4 Å². The summed E-state index contributed by atoms with van der Waals surface area (Å²) in [7, 11) is 0. The van der Waals surface area contributed by atoms with Crippen LogP contribution in [0.2, 0.25) is 0 Å². The van der Waals surface area contributed by atoms with E-state index in [1.807, 2.05) is 29.2 Å². The maximum atomic E-state index is 12.8. The molecule has 0 bridgehead atoms. The summed E-state index contributed by atoms with van der Waals surface area (Å²) in [4.78, 5) is 25.8. The third kappa shape index (κ3) is 3.88. The maximum Gasteiger partial charge on any atom is 0.339 e. The van der Waals surface area contributed by atoms with Gasteiger partial charge in [0.2, 0.25) is 0 Å². The van der Waals surface area contributed by atoms with Gasteiger partial charge in [-0.2, -0.15) is 5.10 Å². The molecule has 0 atom stereocenters. The lowest BCUT2D eigenvalue weighted by atomic mass is 10.0. The molecule has 1 saturated carbocycles. The number of ether oxygens (including phenoxy) is 1. The predicted octanol–water partition coefficient (Wildman–Crippen LogP) is 3.16. The van der Waals surface area contributed by atoms with E-state index in [1.54, 1.807) is 11.6 Å². The molecule has 2 aromatic rings. The topological polar surface area (TPSA) is 84.7 Å². The molecule has 2 heterocycles. The number of carboxylic acid groups (broad SMARTS) is 1. The van der Waals surface area contributed by atoms with E-state index < -0.39 is 5.97 Å². The maximum absolute atomic E-state index is 12.8. The van der Waals surface area contributed by atoms with E-state index in [0.29, 0.717) is 30.3 Å². The summed E-state index contributed by atoms with van der Waals surface area (Å²) < 4.78 is 7.52. The molecular formula is C21H25N3O4. The van der Waals surface area contributed by atoms with Crippen LogP contribution in [0.25, 0.3) is 0 Å². The number of nitrogens with zero attached hydrogens (tertiary/aromatic N) is 3. The highest BCUT2D eigenvalue weighted by Crippen LogP contribution is 2.30. The van der Waals surface area contributed by atoms with Crippen LogP contribution in [0.3, 0.4) is 0 Å². The van der Waals surface area contributed by atoms with Gasteiger partial charge in [-0.3, -0.25) is 9.48 Å². The normalized spacial score (nSPS) is 17.5. The summed E-state index contributed by atoms with van der Waals surface area (Å²) in [6.07, 6.45) is 5.43. The van der Waals surface area contributed by atoms with Crippen molar-refractivity contribution in [1.82, 2.24) is 14.7 Å². The molecule has 7 heteroatoms. The molecular weight excluding hydrogens is 358 g/mol. The van der Waals surface area contributed by atoms with Gasteiger partial charge in [0.05, 0.1) is 24.5 Å². The smallest absolute Gasteiger partial charge is 0.339 e. The number of carbonyl (C=O) groups excluding carboxylic acids is 1. The molecule has 1 amide bonds. The first-order valence-corrected chi connectivity index (χ1v) is 9.82. The first-order valence-electron chi connectivity index (χ1n) is 9.82. The zero-order chi connectivity index (χ0) is 19.7. The Labute approximate surface area is 163 Å². The van der Waals surface area contributed by atoms with Crippen molar-refractivity contribution in [2.24, 2.45) is 5.92 Å². The van der Waals surface area contributed by atoms with Crippen molar-refractivity contribution < 1.29 is 19.4 Å². The van der Waals surface area contributed by atoms with Crippen molar-refractivity contribution in [3.05, 3.63) is 47.3 Å². The second kappa shape index (κ2) is 7.66. The first kappa shape index (κ1) is 18.5. The van der Waals surface area contributed by atoms with Gasteiger partial charge in [0.15, 0.2) is 0 Å². The molecule has 1 aliphatic heterocycles. The van der Waals surface area contributed by atoms with E-state index in [0.717, 1.165) is 25.2 Å². The lowest BCUT2D eigenvalue weighted by Crippen LogP contribution is -2.39. The van der Waals surface area contributed by atoms with Crippen LogP contribution in [-0.2, 0) is 0 Å². The molecule has 2 fully saturated rings. The number of rotatable bonds is 6. The number of aromatic nitrogens is 2. The third-order valence-electron chi connectivity index (χ3n) is 5.66. The van der Waals surface area contributed by atoms with Crippen molar-refractivity contribution in [2.45, 2.75) is 38.6 Å². The van der Waals surface area contributed by atoms with Gasteiger partial charge in [-0.05, 0) is 62.8 Å². The molecule has 1 N–H and O–H groups in total. The Kier molecular flexibility index (Phi) is 5.07. The number of hydrogen-bond acceptors (Lipinski definition) is 4. The summed E-state index contributed by atoms with van der Waals surface area (Å²) >= 11 is 0. The summed E-state index contributed by atoms with van der Waals surface area (Å²) in [5.41, 5.74) is 1.57. The molecule has 2 aliphatic rings. The van der Waals surface area contributed by atoms with Gasteiger partial charge in [0.25, 0.3) is 5.91 Å². The number of aromatic carboxylic acids is 1. The molecule has 7 nitrogen and oxygen atoms in total. The Morgan fingerprint density at radius 3 is 2.39 bits per heavy atom. The molecule has 0 spiro atoms. The second-order valence-electron chi connectivity index (χ2n) is 7.70. The van der Waals surface area contributed by atoms with Crippen LogP contribution in [0.1, 0.15) is 58.1 Å². The van der Waals surface area contributed by atoms with Crippen LogP contribution >= 0.6 is 0 Å². The van der Waals surface area contributed by atoms with Gasteiger partial charge in [0.1, 0.15) is 11.3 Å². The lowest BCUT2D eigenvalue weighted by molar-refractivity contribution is 0.0688. The number of benzene rings is 1. The number of carboxylic acids is 1. The molecule has 4 rings (SSSR count). The quantitative estimate of drug-likeness (QED) is 0.828. The zero-order valence-electron chi connectivity index (χ0n) is 16.0. The van der Waals surface area contributed by atoms with Crippen LogP contribution in [0.5, 0.6) is 5.75 Å². The van der Waals surface area contributed by atoms with Gasteiger partial charge in [0, 0.05) is 18.7 Å². The van der Waals surface area contributed by atoms with Crippen LogP contribution in [0.4, 0.5) is 0 Å². The number of carbonyl (C=O) groups is 2. The van der Waals surface area contributed by atoms with Crippen LogP contribution < -0.4 is 4.74 Å². The Morgan fingerprint density at radius 1 is 1.14 bits per heavy atom. The van der Waals surface area contributed by atoms with E-state index in [-0.39, 0.29) is 17.5 Å². The number of hydrogen-bond donors (Lipinski definition) is 1. The summed E-state index contributed by atoms with van der Waals surface area (Å²) in [5.74, 6) is 0.578. The fraction of sp³-hybridized carbons (Fsp3) is 0.476. The SMILES string of the molecule is Cc1c(C(=O)O)cnn1C1CCN(C(=O)c2ccc(OCC3CC3)cc2)CC1. The molecule has 28 heavy (non-hydrogen) atoms. The largest absolute Gasteiger partial charge is 0.493 e. The number of piperidine rings is 1. The number of likely N-dealkylation sites (tertiary alicyclic amines) is 1. The average Bonchev–Trinajstić information content (AvgIpc) is 3.46. The van der Waals surface area contributed by atoms with Gasteiger partial charge in [-0.15, -0.1) is 0 Å². The van der Waals surface area contributed by atoms with Crippen molar-refractivity contribution >= 4 is 11.9 Å². The van der Waals surface area contributed by atoms with Gasteiger partial charge < -0.3 is 14.7 Å². The minimum absolute atomic E-state index is 0.0237. The molecule has 148 valence electrons. The minimum Gasteiger partial charge on any atom is -0.493 e. The van der Waals surface area contributed by atoms with Crippen LogP contribution in [0, 0.1) is 12.8 Å². The van der Waals surface area contributed by atoms with E-state index in [2.05, 4.69) is 5.10 Å². The highest BCUT2D eigenvalue weighted by Gasteiger charge is 2.27. The lowest BCUT2D eigenvalue weighted by Gasteiger charge is -2.32. The Hall–Kier alpha value is -2.83. The predicted molar refractivity (Wildman–Crippen MR) is 103 cm³/mol. The van der Waals surface area contributed by atoms with Gasteiger partial charge in [-0.25, -0.2) is 4.79 Å². The molecule has 0 radical (unpaired) electrons. The zero-order valence-corrected chi connectivity index (χ0v) is 16.0. The van der Waals surface area contributed by atoms with Crippen molar-refractivity contribution in [2.75, 3.05) is 19.7 Å². The Balaban J connectivity index is 1.34. The summed E-state index contributed by atoms with van der Waals surface area (Å²) in [6, 6.07) is 7.50. The van der Waals surface area contributed by atoms with E-state index in [4.69, 9.17) is 4.74 Å². The standard InChI is InChI=1S/C21H25N3O4/c1-14-19(21(26)27)12-22-24(14)17-8-10-23(11-9-17)20(25)16-4-6-18(7-5-16)28-13-15-2-3-15/h4-7,12,15,17H,2-3,8-11,13H2,1H3,(H,26,27). The fourth-order valence-electron chi connectivity index (χ4n) is 3.69. The highest BCUT2D eigenvalue weighted by atomic mass is 16.5. The van der Waals surface area contributed by atoms with Crippen molar-refractivity contribution in [3.63, 3.8) is 0 Å². The minimum atomic E-state index is -0.957. The average molecular weight is 383 g/mol. The summed E-state index contributed by atoms with van der Waals surface area (Å²) in [5, 5.41) is 13.4. The molecule has 1 aromatic heterocycles. The van der Waals surface area contributed by atoms with Gasteiger partial charge >= 0.3 is 5.97 Å². The van der Waals surface area contributed by atoms with Crippen LogP contribution in [0.15, 0.2) is 30.5 Å². The second-order valence-corrected chi connectivity index (χ2v) is 7.70. The number of amides is 1. The Bertz CT molecular complexity index is 862. The fourth-order valence-corrected chi connectivity index (χ4v) is 3.69. The van der Waals surface area contributed by atoms with Gasteiger partial charge in [-0.1, -0.05) is 0 Å². The van der Waals surface area contributed by atoms with E-state index in [9.17, 15) is 14.7 Å². The highest BCUT2D eigenvalue weighted by molar-refractivity contribution is 5.94. The molecule has 1 aliphatic carbocycles. The van der Waals surface area contributed by atoms with Crippen molar-refractivity contribution in [1.29, 1.82) is 0 Å². The van der Waals surface area contributed by atoms with Crippen molar-refractivity contribution in [3.8, 4) is 5.75 Å². The Morgan fingerprint density at radius 2 is 1.82 bits per heavy atom. The first-order chi connectivity index (χ1) is 13.5. The van der Waals surface area contributed by atoms with E-state index >= 15 is 0 Å². The molecule has 1 aromatic carbocycles. The molecule has 0 unspecified atom stereocenters. The third-order valence-corrected chi connectivity index (χ3v) is 5.66. The summed E-state index contributed by atoms with van der Waals surface area (Å²) in [6.45, 7) is 3.80. The monoisotopic (exact) mass is 383 g/mol. The molecule has 1 saturated heterocycles. The van der Waals surface area contributed by atoms with E-state index in [1.165, 1.54) is 19.0 Å².